The highest BCUT2D eigenvalue weighted by Gasteiger charge is 2.38. The Balaban J connectivity index is 0.000000295. The van der Waals surface area contributed by atoms with E-state index in [0.29, 0.717) is 30.5 Å². The summed E-state index contributed by atoms with van der Waals surface area (Å²) in [7, 11) is 0. The fourth-order valence-corrected chi connectivity index (χ4v) is 1.82. The van der Waals surface area contributed by atoms with Gasteiger partial charge < -0.3 is 19.6 Å². The molecule has 1 aromatic heterocycles. The smallest absolute Gasteiger partial charge is 0.475 e. The summed E-state index contributed by atoms with van der Waals surface area (Å²) < 4.78 is 42.7. The zero-order chi connectivity index (χ0) is 16.8. The van der Waals surface area contributed by atoms with Crippen molar-refractivity contribution in [3.63, 3.8) is 0 Å². The van der Waals surface area contributed by atoms with Crippen LogP contribution in [0, 0.1) is 6.92 Å². The van der Waals surface area contributed by atoms with Crippen LogP contribution < -0.4 is 5.32 Å². The molecule has 0 aliphatic carbocycles. The van der Waals surface area contributed by atoms with Crippen molar-refractivity contribution in [2.45, 2.75) is 51.6 Å². The molecule has 2 atom stereocenters. The van der Waals surface area contributed by atoms with Crippen molar-refractivity contribution < 1.29 is 32.2 Å². The van der Waals surface area contributed by atoms with E-state index in [-0.39, 0.29) is 0 Å². The fraction of sp³-hybridized carbons (Fsp3) is 0.750. The third-order valence-corrected chi connectivity index (χ3v) is 2.83. The minimum Gasteiger partial charge on any atom is -0.475 e. The van der Waals surface area contributed by atoms with Crippen LogP contribution in [-0.4, -0.2) is 46.1 Å². The minimum atomic E-state index is -5.08. The molecule has 1 aliphatic heterocycles. The van der Waals surface area contributed by atoms with Gasteiger partial charge in [0.1, 0.15) is 6.61 Å². The number of nitrogens with one attached hydrogen (secondary N) is 1. The predicted molar refractivity (Wildman–Crippen MR) is 68.0 cm³/mol. The minimum absolute atomic E-state index is 0.313. The van der Waals surface area contributed by atoms with Crippen molar-refractivity contribution in [3.05, 3.63) is 11.8 Å². The molecule has 2 rings (SSSR count). The molecule has 0 amide bonds. The zero-order valence-electron chi connectivity index (χ0n) is 12.2. The Hall–Kier alpha value is -1.68. The van der Waals surface area contributed by atoms with Crippen molar-refractivity contribution in [3.8, 4) is 0 Å². The number of aromatic nitrogens is 2. The summed E-state index contributed by atoms with van der Waals surface area (Å²) in [6.07, 6.45) is -2.67. The molecule has 0 saturated carbocycles. The van der Waals surface area contributed by atoms with Crippen LogP contribution in [0.25, 0.3) is 0 Å². The molecule has 0 unspecified atom stereocenters. The molecule has 10 heteroatoms. The highest BCUT2D eigenvalue weighted by molar-refractivity contribution is 5.73. The summed E-state index contributed by atoms with van der Waals surface area (Å²) in [5, 5.41) is 18.2. The lowest BCUT2D eigenvalue weighted by Crippen LogP contribution is -2.39. The van der Waals surface area contributed by atoms with Crippen LogP contribution in [0.4, 0.5) is 13.2 Å². The van der Waals surface area contributed by atoms with E-state index in [1.54, 1.807) is 6.92 Å². The highest BCUT2D eigenvalue weighted by atomic mass is 19.4. The van der Waals surface area contributed by atoms with Crippen molar-refractivity contribution in [2.75, 3.05) is 6.54 Å². The monoisotopic (exact) mass is 325 g/mol. The van der Waals surface area contributed by atoms with Crippen LogP contribution in [0.15, 0.2) is 4.42 Å². The van der Waals surface area contributed by atoms with E-state index in [4.69, 9.17) is 19.1 Å². The molecule has 1 saturated heterocycles. The third kappa shape index (κ3) is 6.85. The first-order valence-electron chi connectivity index (χ1n) is 6.62. The van der Waals surface area contributed by atoms with Crippen molar-refractivity contribution in [1.29, 1.82) is 0 Å². The van der Waals surface area contributed by atoms with Crippen LogP contribution in [-0.2, 0) is 16.1 Å². The number of hydrogen-bond donors (Lipinski definition) is 2. The number of nitrogens with zero attached hydrogens (tertiary/aromatic N) is 2. The SMILES string of the molecule is Cc1nnc(CO[C@H]2CCN[C@@H](C)C2)o1.O=C(O)C(F)(F)F. The average Bonchev–Trinajstić information content (AvgIpc) is 2.82. The van der Waals surface area contributed by atoms with Gasteiger partial charge in [-0.25, -0.2) is 4.79 Å². The lowest BCUT2D eigenvalue weighted by atomic mass is 10.0. The van der Waals surface area contributed by atoms with E-state index in [2.05, 4.69) is 22.4 Å². The third-order valence-electron chi connectivity index (χ3n) is 2.83. The molecule has 1 aromatic rings. The number of halogens is 3. The van der Waals surface area contributed by atoms with E-state index in [9.17, 15) is 13.2 Å². The molecule has 0 radical (unpaired) electrons. The molecule has 1 aliphatic rings. The Kier molecular flexibility index (Phi) is 6.75. The van der Waals surface area contributed by atoms with Crippen molar-refractivity contribution in [1.82, 2.24) is 15.5 Å². The number of rotatable bonds is 3. The van der Waals surface area contributed by atoms with Crippen LogP contribution in [0.1, 0.15) is 31.5 Å². The molecule has 0 aromatic carbocycles. The summed E-state index contributed by atoms with van der Waals surface area (Å²) in [5.41, 5.74) is 0. The first-order chi connectivity index (χ1) is 10.2. The van der Waals surface area contributed by atoms with E-state index < -0.39 is 12.1 Å². The first kappa shape index (κ1) is 18.4. The van der Waals surface area contributed by atoms with Gasteiger partial charge in [-0.1, -0.05) is 0 Å². The van der Waals surface area contributed by atoms with Gasteiger partial charge in [0.15, 0.2) is 0 Å². The number of aryl methyl sites for hydroxylation is 1. The van der Waals surface area contributed by atoms with E-state index in [1.165, 1.54) is 0 Å². The van der Waals surface area contributed by atoms with Gasteiger partial charge >= 0.3 is 12.1 Å². The van der Waals surface area contributed by atoms with Gasteiger partial charge in [-0.05, 0) is 26.3 Å². The number of carboxylic acids is 1. The van der Waals surface area contributed by atoms with Crippen LogP contribution in [0.5, 0.6) is 0 Å². The Bertz CT molecular complexity index is 478. The normalized spacial score (nSPS) is 21.9. The average molecular weight is 325 g/mol. The number of alkyl halides is 3. The van der Waals surface area contributed by atoms with Gasteiger partial charge in [0, 0.05) is 13.0 Å². The number of aliphatic carboxylic acids is 1. The Labute approximate surface area is 124 Å². The lowest BCUT2D eigenvalue weighted by molar-refractivity contribution is -0.192. The largest absolute Gasteiger partial charge is 0.490 e. The van der Waals surface area contributed by atoms with Crippen molar-refractivity contribution >= 4 is 5.97 Å². The fourth-order valence-electron chi connectivity index (χ4n) is 1.82. The van der Waals surface area contributed by atoms with E-state index in [0.717, 1.165) is 19.4 Å². The molecule has 2 N–H and O–H groups in total. The molecule has 1 fully saturated rings. The second-order valence-electron chi connectivity index (χ2n) is 4.83. The molecule has 0 spiro atoms. The second kappa shape index (κ2) is 8.08. The molecule has 2 heterocycles. The van der Waals surface area contributed by atoms with Gasteiger partial charge in [0.25, 0.3) is 0 Å². The topological polar surface area (TPSA) is 97.5 Å². The zero-order valence-corrected chi connectivity index (χ0v) is 12.2. The molecule has 22 heavy (non-hydrogen) atoms. The van der Waals surface area contributed by atoms with Gasteiger partial charge in [-0.2, -0.15) is 13.2 Å². The predicted octanol–water partition coefficient (Wildman–Crippen LogP) is 1.67. The molecule has 126 valence electrons. The standard InChI is InChI=1S/C10H17N3O2.C2HF3O2/c1-7-5-9(3-4-11-7)14-6-10-13-12-8(2)15-10;3-2(4,5)1(6)7/h7,9,11H,3-6H2,1-2H3;(H,6,7)/t7-,9-;/m0./s1. The van der Waals surface area contributed by atoms with Crippen LogP contribution in [0.2, 0.25) is 0 Å². The molecular weight excluding hydrogens is 307 g/mol. The lowest BCUT2D eigenvalue weighted by Gasteiger charge is -2.27. The van der Waals surface area contributed by atoms with Crippen LogP contribution >= 0.6 is 0 Å². The van der Waals surface area contributed by atoms with Gasteiger partial charge in [0.05, 0.1) is 6.10 Å². The second-order valence-corrected chi connectivity index (χ2v) is 4.83. The van der Waals surface area contributed by atoms with Gasteiger partial charge in [-0.3, -0.25) is 0 Å². The van der Waals surface area contributed by atoms with E-state index >= 15 is 0 Å². The maximum absolute atomic E-state index is 10.6. The first-order valence-corrected chi connectivity index (χ1v) is 6.62. The molecule has 0 bridgehead atoms. The van der Waals surface area contributed by atoms with Crippen molar-refractivity contribution in [2.24, 2.45) is 0 Å². The number of piperidine rings is 1. The Morgan fingerprint density at radius 2 is 2.14 bits per heavy atom. The quantitative estimate of drug-likeness (QED) is 0.872. The Morgan fingerprint density at radius 1 is 1.50 bits per heavy atom. The summed E-state index contributed by atoms with van der Waals surface area (Å²) in [5.74, 6) is -1.60. The Morgan fingerprint density at radius 3 is 2.59 bits per heavy atom. The number of hydrogen-bond acceptors (Lipinski definition) is 6. The maximum atomic E-state index is 10.6. The highest BCUT2D eigenvalue weighted by Crippen LogP contribution is 2.14. The van der Waals surface area contributed by atoms with E-state index in [1.807, 2.05) is 0 Å². The van der Waals surface area contributed by atoms with Gasteiger partial charge in [0.2, 0.25) is 11.8 Å². The number of carbonyl (C=O) groups is 1. The summed E-state index contributed by atoms with van der Waals surface area (Å²) >= 11 is 0. The maximum Gasteiger partial charge on any atom is 0.490 e. The summed E-state index contributed by atoms with van der Waals surface area (Å²) in [6, 6.07) is 0.535. The molecular formula is C12H18F3N3O4. The summed E-state index contributed by atoms with van der Waals surface area (Å²) in [6.45, 7) is 5.41. The summed E-state index contributed by atoms with van der Waals surface area (Å²) in [4.78, 5) is 8.90. The van der Waals surface area contributed by atoms with Gasteiger partial charge in [-0.15, -0.1) is 10.2 Å². The number of ether oxygens (including phenoxy) is 1. The van der Waals surface area contributed by atoms with Crippen LogP contribution in [0.3, 0.4) is 0 Å². The number of carboxylic acid groups (broad SMARTS) is 1. The molecule has 7 nitrogen and oxygen atoms in total.